The summed E-state index contributed by atoms with van der Waals surface area (Å²) in [6, 6.07) is 7.68. The average Bonchev–Trinajstić information content (AvgIpc) is 2.96. The number of thiophene rings is 1. The zero-order valence-electron chi connectivity index (χ0n) is 11.1. The van der Waals surface area contributed by atoms with Crippen LogP contribution in [0.2, 0.25) is 0 Å². The number of rotatable bonds is 4. The van der Waals surface area contributed by atoms with Crippen molar-refractivity contribution in [2.75, 3.05) is 17.9 Å². The van der Waals surface area contributed by atoms with Gasteiger partial charge in [0.25, 0.3) is 0 Å². The van der Waals surface area contributed by atoms with Crippen LogP contribution in [0.4, 0.5) is 17.5 Å². The molecule has 0 atom stereocenters. The van der Waals surface area contributed by atoms with E-state index >= 15 is 0 Å². The molecule has 1 aromatic carbocycles. The van der Waals surface area contributed by atoms with Crippen LogP contribution in [0.5, 0.6) is 5.75 Å². The molecule has 0 fully saturated rings. The van der Waals surface area contributed by atoms with E-state index in [1.165, 1.54) is 11.3 Å². The van der Waals surface area contributed by atoms with E-state index in [0.717, 1.165) is 26.1 Å². The summed E-state index contributed by atoms with van der Waals surface area (Å²) in [5.41, 5.74) is 3.29. The fourth-order valence-corrected chi connectivity index (χ4v) is 3.05. The number of nitrogens with two attached hydrogens (primary N) is 1. The number of hydrogen-bond donors (Lipinski definition) is 3. The molecule has 0 unspecified atom stereocenters. The van der Waals surface area contributed by atoms with Crippen LogP contribution in [0.1, 0.15) is 0 Å². The molecule has 2 heterocycles. The first-order valence-electron chi connectivity index (χ1n) is 6.03. The van der Waals surface area contributed by atoms with E-state index in [2.05, 4.69) is 36.6 Å². The number of nitrogens with one attached hydrogen (secondary N) is 2. The summed E-state index contributed by atoms with van der Waals surface area (Å²) < 4.78 is 6.30. The molecule has 0 aliphatic carbocycles. The molecule has 0 saturated carbocycles. The predicted octanol–water partition coefficient (Wildman–Crippen LogP) is 3.49. The second-order valence-corrected chi connectivity index (χ2v) is 5.96. The summed E-state index contributed by atoms with van der Waals surface area (Å²) >= 11 is 4.98. The number of hydrogen-bond acceptors (Lipinski definition) is 7. The minimum Gasteiger partial charge on any atom is -0.495 e. The zero-order chi connectivity index (χ0) is 14.8. The monoisotopic (exact) mass is 365 g/mol. The van der Waals surface area contributed by atoms with Crippen LogP contribution in [-0.4, -0.2) is 17.1 Å². The first-order valence-corrected chi connectivity index (χ1v) is 7.71. The minimum absolute atomic E-state index is 0.362. The predicted molar refractivity (Wildman–Crippen MR) is 89.2 cm³/mol. The van der Waals surface area contributed by atoms with Crippen molar-refractivity contribution in [3.05, 3.63) is 34.1 Å². The molecular formula is C13H12BrN5OS. The number of anilines is 3. The molecule has 0 amide bonds. The van der Waals surface area contributed by atoms with E-state index in [1.807, 2.05) is 29.6 Å². The number of ether oxygens (including phenoxy) is 1. The van der Waals surface area contributed by atoms with Crippen molar-refractivity contribution < 1.29 is 4.74 Å². The van der Waals surface area contributed by atoms with Crippen molar-refractivity contribution >= 4 is 54.9 Å². The highest BCUT2D eigenvalue weighted by molar-refractivity contribution is 9.10. The summed E-state index contributed by atoms with van der Waals surface area (Å²) in [4.78, 5) is 9.53. The fraction of sp³-hybridized carbons (Fsp3) is 0.0769. The summed E-state index contributed by atoms with van der Waals surface area (Å²) in [6.07, 6.45) is 0. The SMILES string of the molecule is COc1ccc(Br)cc1Nc1nc(NN)nc2sccc12. The Hall–Kier alpha value is -1.90. The molecule has 0 bridgehead atoms. The third-order valence-corrected chi connectivity index (χ3v) is 4.17. The maximum absolute atomic E-state index is 5.42. The summed E-state index contributed by atoms with van der Waals surface area (Å²) in [7, 11) is 1.63. The molecule has 21 heavy (non-hydrogen) atoms. The number of benzene rings is 1. The quantitative estimate of drug-likeness (QED) is 0.484. The fourth-order valence-electron chi connectivity index (χ4n) is 1.92. The number of nitrogen functional groups attached to an aromatic ring is 1. The molecule has 0 aliphatic rings. The number of halogens is 1. The smallest absolute Gasteiger partial charge is 0.240 e. The average molecular weight is 366 g/mol. The molecular weight excluding hydrogens is 354 g/mol. The van der Waals surface area contributed by atoms with Crippen LogP contribution in [0.3, 0.4) is 0 Å². The highest BCUT2D eigenvalue weighted by Crippen LogP contribution is 2.33. The van der Waals surface area contributed by atoms with Crippen molar-refractivity contribution in [3.8, 4) is 5.75 Å². The first-order chi connectivity index (χ1) is 10.2. The van der Waals surface area contributed by atoms with Gasteiger partial charge in [-0.05, 0) is 29.6 Å². The van der Waals surface area contributed by atoms with Crippen molar-refractivity contribution in [1.29, 1.82) is 0 Å². The molecule has 0 aliphatic heterocycles. The highest BCUT2D eigenvalue weighted by atomic mass is 79.9. The van der Waals surface area contributed by atoms with E-state index in [9.17, 15) is 0 Å². The van der Waals surface area contributed by atoms with E-state index in [1.54, 1.807) is 7.11 Å². The van der Waals surface area contributed by atoms with Gasteiger partial charge in [0, 0.05) is 4.47 Å². The number of aromatic nitrogens is 2. The lowest BCUT2D eigenvalue weighted by molar-refractivity contribution is 0.416. The second-order valence-electron chi connectivity index (χ2n) is 4.15. The van der Waals surface area contributed by atoms with Gasteiger partial charge in [0.2, 0.25) is 5.95 Å². The van der Waals surface area contributed by atoms with Gasteiger partial charge in [-0.3, -0.25) is 5.43 Å². The van der Waals surface area contributed by atoms with Crippen LogP contribution in [0.25, 0.3) is 10.2 Å². The Balaban J connectivity index is 2.09. The Kier molecular flexibility index (Phi) is 3.91. The van der Waals surface area contributed by atoms with Crippen molar-refractivity contribution in [3.63, 3.8) is 0 Å². The molecule has 108 valence electrons. The molecule has 0 radical (unpaired) electrons. The summed E-state index contributed by atoms with van der Waals surface area (Å²) in [5, 5.41) is 6.17. The van der Waals surface area contributed by atoms with Gasteiger partial charge in [-0.1, -0.05) is 15.9 Å². The topological polar surface area (TPSA) is 85.1 Å². The van der Waals surface area contributed by atoms with Crippen LogP contribution in [0, 0.1) is 0 Å². The van der Waals surface area contributed by atoms with Gasteiger partial charge in [0.05, 0.1) is 18.2 Å². The van der Waals surface area contributed by atoms with E-state index < -0.39 is 0 Å². The van der Waals surface area contributed by atoms with Gasteiger partial charge >= 0.3 is 0 Å². The molecule has 6 nitrogen and oxygen atoms in total. The van der Waals surface area contributed by atoms with E-state index in [0.29, 0.717) is 11.8 Å². The number of methoxy groups -OCH3 is 1. The van der Waals surface area contributed by atoms with Gasteiger partial charge in [-0.15, -0.1) is 11.3 Å². The summed E-state index contributed by atoms with van der Waals surface area (Å²) in [5.74, 6) is 7.18. The van der Waals surface area contributed by atoms with Crippen molar-refractivity contribution in [2.45, 2.75) is 0 Å². The van der Waals surface area contributed by atoms with Crippen LogP contribution < -0.4 is 21.3 Å². The molecule has 0 saturated heterocycles. The lowest BCUT2D eigenvalue weighted by Gasteiger charge is -2.12. The Morgan fingerprint density at radius 2 is 2.14 bits per heavy atom. The second kappa shape index (κ2) is 5.84. The molecule has 3 rings (SSSR count). The Morgan fingerprint density at radius 3 is 2.90 bits per heavy atom. The Labute approximate surface area is 133 Å². The largest absolute Gasteiger partial charge is 0.495 e. The van der Waals surface area contributed by atoms with Gasteiger partial charge < -0.3 is 10.1 Å². The van der Waals surface area contributed by atoms with E-state index in [-0.39, 0.29) is 0 Å². The number of nitrogens with zero attached hydrogens (tertiary/aromatic N) is 2. The highest BCUT2D eigenvalue weighted by Gasteiger charge is 2.11. The zero-order valence-corrected chi connectivity index (χ0v) is 13.5. The van der Waals surface area contributed by atoms with Gasteiger partial charge in [0.15, 0.2) is 0 Å². The Bertz CT molecular complexity index is 791. The van der Waals surface area contributed by atoms with Crippen LogP contribution in [-0.2, 0) is 0 Å². The number of hydrazine groups is 1. The standard InChI is InChI=1S/C13H12BrN5OS/c1-20-10-3-2-7(14)6-9(10)16-11-8-4-5-21-12(8)18-13(17-11)19-15/h2-6H,15H2,1H3,(H2,16,17,18,19). The van der Waals surface area contributed by atoms with Gasteiger partial charge in [0.1, 0.15) is 16.4 Å². The Morgan fingerprint density at radius 1 is 1.29 bits per heavy atom. The molecule has 2 aromatic heterocycles. The van der Waals surface area contributed by atoms with Gasteiger partial charge in [-0.2, -0.15) is 4.98 Å². The first kappa shape index (κ1) is 14.1. The van der Waals surface area contributed by atoms with E-state index in [4.69, 9.17) is 10.6 Å². The van der Waals surface area contributed by atoms with Gasteiger partial charge in [-0.25, -0.2) is 10.8 Å². The third kappa shape index (κ3) is 2.78. The lowest BCUT2D eigenvalue weighted by Crippen LogP contribution is -2.11. The maximum atomic E-state index is 5.42. The molecule has 3 aromatic rings. The summed E-state index contributed by atoms with van der Waals surface area (Å²) in [6.45, 7) is 0. The molecule has 8 heteroatoms. The maximum Gasteiger partial charge on any atom is 0.240 e. The van der Waals surface area contributed by atoms with Crippen molar-refractivity contribution in [2.24, 2.45) is 5.84 Å². The minimum atomic E-state index is 0.362. The van der Waals surface area contributed by atoms with Crippen molar-refractivity contribution in [1.82, 2.24) is 9.97 Å². The molecule has 0 spiro atoms. The number of fused-ring (bicyclic) bond motifs is 1. The van der Waals surface area contributed by atoms with Crippen LogP contribution in [0.15, 0.2) is 34.1 Å². The lowest BCUT2D eigenvalue weighted by atomic mass is 10.3. The van der Waals surface area contributed by atoms with Crippen LogP contribution >= 0.6 is 27.3 Å². The molecule has 4 N–H and O–H groups in total. The normalized spacial score (nSPS) is 10.6. The third-order valence-electron chi connectivity index (χ3n) is 2.87.